The fraction of sp³-hybridized carbons (Fsp3) is 0.455. The van der Waals surface area contributed by atoms with Gasteiger partial charge in [-0.3, -0.25) is 0 Å². The predicted octanol–water partition coefficient (Wildman–Crippen LogP) is 2.35. The van der Waals surface area contributed by atoms with Gasteiger partial charge in [-0.05, 0) is 0 Å². The third-order valence-electron chi connectivity index (χ3n) is 2.15. The van der Waals surface area contributed by atoms with E-state index in [1.54, 1.807) is 0 Å². The second-order valence-electron chi connectivity index (χ2n) is 3.18. The van der Waals surface area contributed by atoms with Gasteiger partial charge in [-0.2, -0.15) is 0 Å². The Morgan fingerprint density at radius 1 is 1.23 bits per heavy atom. The molecule has 0 fully saturated rings. The molecule has 0 spiro atoms. The number of hydrogen-bond acceptors (Lipinski definition) is 1. The number of para-hydroxylation sites is 1. The summed E-state index contributed by atoms with van der Waals surface area (Å²) in [4.78, 5) is 0. The summed E-state index contributed by atoms with van der Waals surface area (Å²) in [5.41, 5.74) is 1.37. The molecule has 0 amide bonds. The minimum absolute atomic E-state index is 0.595. The molecule has 0 saturated heterocycles. The van der Waals surface area contributed by atoms with E-state index in [-0.39, 0.29) is 0 Å². The van der Waals surface area contributed by atoms with Crippen molar-refractivity contribution in [2.75, 3.05) is 0 Å². The van der Waals surface area contributed by atoms with Gasteiger partial charge in [-0.25, -0.2) is 0 Å². The second kappa shape index (κ2) is 6.37. The van der Waals surface area contributed by atoms with Gasteiger partial charge in [0.2, 0.25) is 0 Å². The SMILES string of the molecule is CCCCCc1ccccc1[O][BiH2]. The van der Waals surface area contributed by atoms with Crippen LogP contribution >= 0.6 is 0 Å². The maximum atomic E-state index is 5.44. The van der Waals surface area contributed by atoms with Crippen molar-refractivity contribution >= 4 is 25.2 Å². The van der Waals surface area contributed by atoms with Gasteiger partial charge in [0, 0.05) is 0 Å². The molecule has 0 aliphatic carbocycles. The van der Waals surface area contributed by atoms with E-state index in [1.807, 2.05) is 6.07 Å². The molecular formula is C11H17BiO. The Morgan fingerprint density at radius 2 is 2.00 bits per heavy atom. The monoisotopic (exact) mass is 374 g/mol. The molecule has 0 bridgehead atoms. The summed E-state index contributed by atoms with van der Waals surface area (Å²) in [6.45, 7) is 2.23. The van der Waals surface area contributed by atoms with Crippen molar-refractivity contribution in [3.63, 3.8) is 0 Å². The van der Waals surface area contributed by atoms with Crippen LogP contribution in [-0.4, -0.2) is 25.2 Å². The van der Waals surface area contributed by atoms with Crippen LogP contribution in [0.25, 0.3) is 0 Å². The number of aryl methyl sites for hydroxylation is 1. The van der Waals surface area contributed by atoms with Crippen molar-refractivity contribution < 1.29 is 2.81 Å². The van der Waals surface area contributed by atoms with Crippen molar-refractivity contribution in [1.82, 2.24) is 0 Å². The van der Waals surface area contributed by atoms with Crippen LogP contribution in [0, 0.1) is 0 Å². The first-order valence-electron chi connectivity index (χ1n) is 4.83. The maximum absolute atomic E-state index is 5.44. The molecule has 0 aliphatic heterocycles. The van der Waals surface area contributed by atoms with Crippen LogP contribution in [0.1, 0.15) is 31.7 Å². The molecule has 0 heterocycles. The average molecular weight is 374 g/mol. The van der Waals surface area contributed by atoms with Gasteiger partial charge in [-0.1, -0.05) is 0 Å². The molecule has 1 aromatic carbocycles. The van der Waals surface area contributed by atoms with Crippen molar-refractivity contribution in [3.8, 4) is 5.75 Å². The van der Waals surface area contributed by atoms with Gasteiger partial charge in [-0.15, -0.1) is 0 Å². The normalized spacial score (nSPS) is 10.0. The van der Waals surface area contributed by atoms with Crippen LogP contribution in [0.15, 0.2) is 24.3 Å². The topological polar surface area (TPSA) is 9.23 Å². The first-order valence-corrected chi connectivity index (χ1v) is 6.66. The van der Waals surface area contributed by atoms with Gasteiger partial charge >= 0.3 is 96.2 Å². The van der Waals surface area contributed by atoms with Crippen LogP contribution in [0.4, 0.5) is 0 Å². The van der Waals surface area contributed by atoms with E-state index in [2.05, 4.69) is 25.1 Å². The summed E-state index contributed by atoms with van der Waals surface area (Å²) >= 11 is 0.595. The zero-order valence-electron chi connectivity index (χ0n) is 8.12. The van der Waals surface area contributed by atoms with Crippen LogP contribution in [0.3, 0.4) is 0 Å². The molecule has 1 nitrogen and oxygen atoms in total. The molecule has 0 N–H and O–H groups in total. The van der Waals surface area contributed by atoms with Crippen LogP contribution in [0.5, 0.6) is 5.75 Å². The Bertz CT molecular complexity index is 248. The summed E-state index contributed by atoms with van der Waals surface area (Å²) in [6, 6.07) is 8.38. The van der Waals surface area contributed by atoms with Crippen molar-refractivity contribution in [2.45, 2.75) is 32.6 Å². The van der Waals surface area contributed by atoms with Crippen molar-refractivity contribution in [3.05, 3.63) is 29.8 Å². The molecule has 13 heavy (non-hydrogen) atoms. The van der Waals surface area contributed by atoms with Crippen molar-refractivity contribution in [1.29, 1.82) is 0 Å². The molecular weight excluding hydrogens is 357 g/mol. The average Bonchev–Trinajstić information content (AvgIpc) is 2.19. The zero-order chi connectivity index (χ0) is 9.52. The number of benzene rings is 1. The summed E-state index contributed by atoms with van der Waals surface area (Å²) < 4.78 is 5.44. The first-order chi connectivity index (χ1) is 6.38. The molecule has 0 aromatic heterocycles. The van der Waals surface area contributed by atoms with E-state index in [9.17, 15) is 0 Å². The Kier molecular flexibility index (Phi) is 5.38. The molecule has 1 rings (SSSR count). The van der Waals surface area contributed by atoms with E-state index >= 15 is 0 Å². The Hall–Kier alpha value is -0.0969. The summed E-state index contributed by atoms with van der Waals surface area (Å²) in [7, 11) is 0. The number of hydrogen-bond donors (Lipinski definition) is 0. The Morgan fingerprint density at radius 3 is 2.69 bits per heavy atom. The summed E-state index contributed by atoms with van der Waals surface area (Å²) in [6.07, 6.45) is 5.04. The third-order valence-corrected chi connectivity index (χ3v) is 3.14. The van der Waals surface area contributed by atoms with Crippen LogP contribution in [-0.2, 0) is 6.42 Å². The zero-order valence-corrected chi connectivity index (χ0v) is 12.6. The Balaban J connectivity index is 2.54. The molecule has 72 valence electrons. The second-order valence-corrected chi connectivity index (χ2v) is 4.10. The molecule has 0 unspecified atom stereocenters. The van der Waals surface area contributed by atoms with Crippen LogP contribution < -0.4 is 2.81 Å². The molecule has 0 aliphatic rings. The van der Waals surface area contributed by atoms with Gasteiger partial charge in [0.1, 0.15) is 0 Å². The predicted molar refractivity (Wildman–Crippen MR) is 58.8 cm³/mol. The fourth-order valence-electron chi connectivity index (χ4n) is 1.39. The third kappa shape index (κ3) is 3.64. The van der Waals surface area contributed by atoms with E-state index < -0.39 is 0 Å². The van der Waals surface area contributed by atoms with E-state index in [0.29, 0.717) is 25.2 Å². The molecule has 0 atom stereocenters. The first kappa shape index (κ1) is 11.0. The molecule has 0 radical (unpaired) electrons. The fourth-order valence-corrected chi connectivity index (χ4v) is 2.28. The van der Waals surface area contributed by atoms with Crippen LogP contribution in [0.2, 0.25) is 0 Å². The van der Waals surface area contributed by atoms with Gasteiger partial charge in [0.15, 0.2) is 0 Å². The summed E-state index contributed by atoms with van der Waals surface area (Å²) in [5.74, 6) is 1.10. The van der Waals surface area contributed by atoms with E-state index in [0.717, 1.165) is 12.2 Å². The van der Waals surface area contributed by atoms with Gasteiger partial charge in [0.25, 0.3) is 0 Å². The minimum atomic E-state index is 0.595. The Labute approximate surface area is 96.0 Å². The number of unbranched alkanes of at least 4 members (excludes halogenated alkanes) is 2. The summed E-state index contributed by atoms with van der Waals surface area (Å²) in [5, 5.41) is 0. The standard InChI is InChI=1S/C11H16O.Bi.2H/c1-2-3-4-7-10-8-5-6-9-11(10)12;;;/h5-6,8-9,12H,2-4,7H2,1H3;;;/q;+1;;/p-1. The van der Waals surface area contributed by atoms with E-state index in [1.165, 1.54) is 24.8 Å². The molecule has 0 saturated carbocycles. The number of rotatable bonds is 5. The van der Waals surface area contributed by atoms with E-state index in [4.69, 9.17) is 2.81 Å². The molecule has 2 heteroatoms. The molecule has 1 aromatic rings. The van der Waals surface area contributed by atoms with Gasteiger partial charge in [0.05, 0.1) is 0 Å². The van der Waals surface area contributed by atoms with Gasteiger partial charge < -0.3 is 0 Å². The quantitative estimate of drug-likeness (QED) is 0.568. The van der Waals surface area contributed by atoms with Crippen molar-refractivity contribution in [2.24, 2.45) is 0 Å².